The second-order valence-corrected chi connectivity index (χ2v) is 7.82. The number of rotatable bonds is 7. The molecule has 1 fully saturated rings. The highest BCUT2D eigenvalue weighted by Gasteiger charge is 2.47. The van der Waals surface area contributed by atoms with E-state index in [0.717, 1.165) is 16.2 Å². The number of carbonyl (C=O) groups is 2. The molecular weight excluding hydrogens is 418 g/mol. The lowest BCUT2D eigenvalue weighted by Crippen LogP contribution is -2.43. The van der Waals surface area contributed by atoms with Crippen LogP contribution in [0.3, 0.4) is 0 Å². The van der Waals surface area contributed by atoms with Gasteiger partial charge in [0.1, 0.15) is 11.8 Å². The summed E-state index contributed by atoms with van der Waals surface area (Å²) in [6, 6.07) is 9.71. The van der Waals surface area contributed by atoms with Gasteiger partial charge in [0.25, 0.3) is 11.8 Å². The number of ether oxygens (including phenoxy) is 1. The zero-order valence-corrected chi connectivity index (χ0v) is 17.8. The molecule has 9 heteroatoms. The minimum Gasteiger partial charge on any atom is -0.497 e. The molecule has 0 spiro atoms. The minimum atomic E-state index is -3.10. The normalized spacial score (nSPS) is 18.0. The van der Waals surface area contributed by atoms with Crippen molar-refractivity contribution in [3.8, 4) is 11.8 Å². The number of nitrogens with zero attached hydrogens (tertiary/aromatic N) is 3. The zero-order chi connectivity index (χ0) is 23.3. The third-order valence-corrected chi connectivity index (χ3v) is 5.50. The van der Waals surface area contributed by atoms with Crippen molar-refractivity contribution >= 4 is 11.8 Å². The van der Waals surface area contributed by atoms with Crippen LogP contribution < -0.4 is 10.1 Å². The molecule has 1 saturated heterocycles. The summed E-state index contributed by atoms with van der Waals surface area (Å²) in [7, 11) is 1.60. The first-order valence-electron chi connectivity index (χ1n) is 10.2. The maximum atomic E-state index is 13.6. The molecule has 1 aromatic heterocycles. The number of carbonyl (C=O) groups excluding carboxylic acids is 2. The lowest BCUT2D eigenvalue weighted by Gasteiger charge is -2.19. The van der Waals surface area contributed by atoms with E-state index in [2.05, 4.69) is 10.3 Å². The van der Waals surface area contributed by atoms with Crippen molar-refractivity contribution in [2.45, 2.75) is 37.6 Å². The van der Waals surface area contributed by atoms with E-state index >= 15 is 0 Å². The van der Waals surface area contributed by atoms with Crippen molar-refractivity contribution in [1.29, 1.82) is 5.26 Å². The summed E-state index contributed by atoms with van der Waals surface area (Å²) < 4.78 is 32.3. The van der Waals surface area contributed by atoms with Gasteiger partial charge in [-0.05, 0) is 41.7 Å². The molecule has 2 heterocycles. The molecule has 2 aromatic rings. The topological polar surface area (TPSA) is 95.3 Å². The number of nitriles is 1. The maximum Gasteiger partial charge on any atom is 0.268 e. The van der Waals surface area contributed by atoms with Crippen molar-refractivity contribution in [2.24, 2.45) is 0 Å². The number of amides is 2. The number of methoxy groups -OCH3 is 1. The SMILES string of the molecule is COc1ccc(C(C)Cc2cnccc2C(=O)NCC(=O)N2CC(F)(F)C[C@H]2C#N)cc1. The van der Waals surface area contributed by atoms with E-state index in [-0.39, 0.29) is 5.92 Å². The molecule has 1 N–H and O–H groups in total. The number of halogens is 2. The van der Waals surface area contributed by atoms with Crippen LogP contribution in [0.25, 0.3) is 0 Å². The Morgan fingerprint density at radius 2 is 2.06 bits per heavy atom. The second-order valence-electron chi connectivity index (χ2n) is 7.82. The molecule has 168 valence electrons. The lowest BCUT2D eigenvalue weighted by atomic mass is 9.92. The number of pyridine rings is 1. The van der Waals surface area contributed by atoms with Crippen LogP contribution in [-0.4, -0.2) is 53.9 Å². The molecule has 0 aliphatic carbocycles. The zero-order valence-electron chi connectivity index (χ0n) is 17.8. The molecule has 2 amide bonds. The van der Waals surface area contributed by atoms with Crippen molar-refractivity contribution in [1.82, 2.24) is 15.2 Å². The molecule has 0 saturated carbocycles. The molecule has 1 aliphatic heterocycles. The van der Waals surface area contributed by atoms with Gasteiger partial charge in [0, 0.05) is 24.4 Å². The van der Waals surface area contributed by atoms with Crippen LogP contribution in [0.2, 0.25) is 0 Å². The third kappa shape index (κ3) is 5.38. The fourth-order valence-electron chi connectivity index (χ4n) is 3.74. The maximum absolute atomic E-state index is 13.6. The second kappa shape index (κ2) is 9.73. The standard InChI is InChI=1S/C23H24F2N4O3/c1-15(16-3-5-19(32-2)6-4-16)9-17-12-27-8-7-20(17)22(31)28-13-21(30)29-14-23(24,25)10-18(29)11-26/h3-8,12,15,18H,9-10,13-14H2,1-2H3,(H,28,31)/t15?,18-/m0/s1. The Balaban J connectivity index is 1.65. The molecule has 3 rings (SSSR count). The summed E-state index contributed by atoms with van der Waals surface area (Å²) >= 11 is 0. The number of nitrogens with one attached hydrogen (secondary N) is 1. The van der Waals surface area contributed by atoms with Crippen LogP contribution in [0.15, 0.2) is 42.7 Å². The Kier molecular flexibility index (Phi) is 7.03. The highest BCUT2D eigenvalue weighted by Crippen LogP contribution is 2.31. The average Bonchev–Trinajstić information content (AvgIpc) is 3.12. The van der Waals surface area contributed by atoms with Gasteiger partial charge in [0.05, 0.1) is 26.3 Å². The van der Waals surface area contributed by atoms with E-state index in [1.165, 1.54) is 6.20 Å². The number of hydrogen-bond acceptors (Lipinski definition) is 5. The highest BCUT2D eigenvalue weighted by molar-refractivity contribution is 5.97. The Bertz CT molecular complexity index is 1020. The number of hydrogen-bond donors (Lipinski definition) is 1. The highest BCUT2D eigenvalue weighted by atomic mass is 19.3. The van der Waals surface area contributed by atoms with E-state index in [9.17, 15) is 18.4 Å². The third-order valence-electron chi connectivity index (χ3n) is 5.50. The fourth-order valence-corrected chi connectivity index (χ4v) is 3.74. The molecule has 32 heavy (non-hydrogen) atoms. The monoisotopic (exact) mass is 442 g/mol. The van der Waals surface area contributed by atoms with Crippen LogP contribution in [-0.2, 0) is 11.2 Å². The van der Waals surface area contributed by atoms with Gasteiger partial charge in [-0.3, -0.25) is 14.6 Å². The van der Waals surface area contributed by atoms with E-state index < -0.39 is 43.3 Å². The Labute approximate surface area is 185 Å². The van der Waals surface area contributed by atoms with Gasteiger partial charge in [0.2, 0.25) is 5.91 Å². The predicted octanol–water partition coefficient (Wildman–Crippen LogP) is 2.93. The first kappa shape index (κ1) is 23.1. The van der Waals surface area contributed by atoms with Gasteiger partial charge in [-0.2, -0.15) is 5.26 Å². The molecule has 1 unspecified atom stereocenters. The smallest absolute Gasteiger partial charge is 0.268 e. The van der Waals surface area contributed by atoms with Crippen LogP contribution in [0.1, 0.15) is 40.7 Å². The number of alkyl halides is 2. The lowest BCUT2D eigenvalue weighted by molar-refractivity contribution is -0.131. The van der Waals surface area contributed by atoms with Gasteiger partial charge in [-0.25, -0.2) is 8.78 Å². The number of benzene rings is 1. The van der Waals surface area contributed by atoms with Gasteiger partial charge in [-0.1, -0.05) is 19.1 Å². The van der Waals surface area contributed by atoms with Crippen LogP contribution >= 0.6 is 0 Å². The summed E-state index contributed by atoms with van der Waals surface area (Å²) in [5, 5.41) is 11.5. The van der Waals surface area contributed by atoms with Crippen molar-refractivity contribution in [3.63, 3.8) is 0 Å². The van der Waals surface area contributed by atoms with Crippen molar-refractivity contribution in [2.75, 3.05) is 20.2 Å². The van der Waals surface area contributed by atoms with Gasteiger partial charge >= 0.3 is 0 Å². The number of likely N-dealkylation sites (tertiary alicyclic amines) is 1. The molecule has 1 aromatic carbocycles. The first-order chi connectivity index (χ1) is 15.2. The summed E-state index contributed by atoms with van der Waals surface area (Å²) in [5.41, 5.74) is 2.12. The van der Waals surface area contributed by atoms with Gasteiger partial charge in [-0.15, -0.1) is 0 Å². The first-order valence-corrected chi connectivity index (χ1v) is 10.2. The summed E-state index contributed by atoms with van der Waals surface area (Å²) in [5.74, 6) is -3.49. The van der Waals surface area contributed by atoms with Crippen LogP contribution in [0.4, 0.5) is 8.78 Å². The Morgan fingerprint density at radius 1 is 1.34 bits per heavy atom. The largest absolute Gasteiger partial charge is 0.497 e. The molecule has 0 radical (unpaired) electrons. The fraction of sp³-hybridized carbons (Fsp3) is 0.391. The van der Waals surface area contributed by atoms with E-state index in [0.29, 0.717) is 17.5 Å². The number of aromatic nitrogens is 1. The Morgan fingerprint density at radius 3 is 2.72 bits per heavy atom. The molecule has 1 aliphatic rings. The van der Waals surface area contributed by atoms with Crippen LogP contribution in [0, 0.1) is 11.3 Å². The summed E-state index contributed by atoms with van der Waals surface area (Å²) in [6.45, 7) is 0.734. The van der Waals surface area contributed by atoms with Gasteiger partial charge in [0.15, 0.2) is 0 Å². The molecule has 7 nitrogen and oxygen atoms in total. The Hall–Kier alpha value is -3.54. The van der Waals surface area contributed by atoms with E-state index in [1.54, 1.807) is 25.4 Å². The predicted molar refractivity (Wildman–Crippen MR) is 112 cm³/mol. The van der Waals surface area contributed by atoms with Crippen molar-refractivity contribution < 1.29 is 23.1 Å². The summed E-state index contributed by atoms with van der Waals surface area (Å²) in [6.07, 6.45) is 2.92. The molecular formula is C23H24F2N4O3. The average molecular weight is 442 g/mol. The summed E-state index contributed by atoms with van der Waals surface area (Å²) in [4.78, 5) is 30.0. The molecule has 2 atom stereocenters. The van der Waals surface area contributed by atoms with Crippen LogP contribution in [0.5, 0.6) is 5.75 Å². The van der Waals surface area contributed by atoms with Crippen molar-refractivity contribution in [3.05, 3.63) is 59.4 Å². The van der Waals surface area contributed by atoms with Gasteiger partial charge < -0.3 is 15.0 Å². The minimum absolute atomic E-state index is 0.0847. The quantitative estimate of drug-likeness (QED) is 0.712. The van der Waals surface area contributed by atoms with E-state index in [1.807, 2.05) is 31.2 Å². The molecule has 0 bridgehead atoms. The van der Waals surface area contributed by atoms with E-state index in [4.69, 9.17) is 10.00 Å².